The number of rotatable bonds is 5. The first kappa shape index (κ1) is 28.1. The summed E-state index contributed by atoms with van der Waals surface area (Å²) in [7, 11) is 0. The Morgan fingerprint density at radius 2 is 0.920 bits per heavy atom. The quantitative estimate of drug-likeness (QED) is 0.187. The molecule has 4 aromatic heterocycles. The molecule has 0 N–H and O–H groups in total. The number of nitrogens with zero attached hydrogens (tertiary/aromatic N) is 5. The van der Waals surface area contributed by atoms with E-state index in [1.54, 1.807) is 0 Å². The summed E-state index contributed by atoms with van der Waals surface area (Å²) >= 11 is 0. The smallest absolute Gasteiger partial charge is 0.178 e. The number of pyridine rings is 1. The lowest BCUT2D eigenvalue weighted by Crippen LogP contribution is -2.00. The molecule has 0 saturated heterocycles. The number of hydrogen-bond acceptors (Lipinski definition) is 5. The molecule has 0 aliphatic rings. The zero-order valence-electron chi connectivity index (χ0n) is 26.7. The summed E-state index contributed by atoms with van der Waals surface area (Å²) in [5.74, 6) is 1.88. The van der Waals surface area contributed by atoms with Gasteiger partial charge in [0.2, 0.25) is 0 Å². The average molecular weight is 642 g/mol. The maximum Gasteiger partial charge on any atom is 0.178 e. The standard InChI is InChI=1S/C44H27N5O/c1-4-14-29(15-5-1)42-46-43(30-16-6-2-7-17-30)48-44(47-42)31-26-24-28(25-27-31)38-37-33-20-10-12-22-35(33)49(32-18-8-3-9-19-32)40(37)41-39(45-38)34-21-11-13-23-36(34)50-41/h1-27H. The van der Waals surface area contributed by atoms with Gasteiger partial charge in [-0.1, -0.05) is 133 Å². The molecule has 0 atom stereocenters. The molecular weight excluding hydrogens is 615 g/mol. The third-order valence-electron chi connectivity index (χ3n) is 9.25. The van der Waals surface area contributed by atoms with Crippen molar-refractivity contribution in [1.29, 1.82) is 0 Å². The van der Waals surface area contributed by atoms with Crippen LogP contribution < -0.4 is 0 Å². The lowest BCUT2D eigenvalue weighted by Gasteiger charge is -2.10. The van der Waals surface area contributed by atoms with E-state index in [2.05, 4.69) is 83.4 Å². The summed E-state index contributed by atoms with van der Waals surface area (Å²) in [6.45, 7) is 0. The molecule has 50 heavy (non-hydrogen) atoms. The average Bonchev–Trinajstić information content (AvgIpc) is 3.75. The van der Waals surface area contributed by atoms with Crippen molar-refractivity contribution in [1.82, 2.24) is 24.5 Å². The molecule has 0 unspecified atom stereocenters. The Bertz CT molecular complexity index is 2780. The summed E-state index contributed by atoms with van der Waals surface area (Å²) in [6, 6.07) is 55.6. The van der Waals surface area contributed by atoms with Crippen LogP contribution in [-0.4, -0.2) is 24.5 Å². The van der Waals surface area contributed by atoms with Gasteiger partial charge in [-0.25, -0.2) is 19.9 Å². The second-order valence-corrected chi connectivity index (χ2v) is 12.3. The minimum absolute atomic E-state index is 0.610. The molecule has 4 heterocycles. The van der Waals surface area contributed by atoms with Crippen molar-refractivity contribution < 1.29 is 4.42 Å². The highest BCUT2D eigenvalue weighted by Crippen LogP contribution is 2.43. The van der Waals surface area contributed by atoms with Crippen LogP contribution in [0, 0.1) is 0 Å². The van der Waals surface area contributed by atoms with Crippen molar-refractivity contribution in [2.24, 2.45) is 0 Å². The Kier molecular flexibility index (Phi) is 6.39. The molecule has 6 nitrogen and oxygen atoms in total. The fourth-order valence-electron chi connectivity index (χ4n) is 6.93. The second-order valence-electron chi connectivity index (χ2n) is 12.3. The molecule has 234 valence electrons. The first-order chi connectivity index (χ1) is 24.8. The highest BCUT2D eigenvalue weighted by molar-refractivity contribution is 6.24. The summed E-state index contributed by atoms with van der Waals surface area (Å²) in [6.07, 6.45) is 0. The molecule has 0 amide bonds. The van der Waals surface area contributed by atoms with Crippen LogP contribution in [0.1, 0.15) is 0 Å². The number of para-hydroxylation sites is 3. The third kappa shape index (κ3) is 4.50. The Balaban J connectivity index is 1.21. The number of fused-ring (bicyclic) bond motifs is 7. The lowest BCUT2D eigenvalue weighted by atomic mass is 10.0. The van der Waals surface area contributed by atoms with Gasteiger partial charge in [-0.3, -0.25) is 0 Å². The number of benzene rings is 6. The topological polar surface area (TPSA) is 69.6 Å². The molecule has 6 heteroatoms. The summed E-state index contributed by atoms with van der Waals surface area (Å²) in [5, 5.41) is 3.14. The van der Waals surface area contributed by atoms with Gasteiger partial charge in [-0.15, -0.1) is 0 Å². The van der Waals surface area contributed by atoms with Crippen molar-refractivity contribution >= 4 is 43.9 Å². The third-order valence-corrected chi connectivity index (χ3v) is 9.25. The zero-order chi connectivity index (χ0) is 33.0. The molecule has 10 aromatic rings. The summed E-state index contributed by atoms with van der Waals surface area (Å²) in [5.41, 5.74) is 10.2. The molecule has 6 aromatic carbocycles. The normalized spacial score (nSPS) is 11.6. The van der Waals surface area contributed by atoms with Crippen molar-refractivity contribution in [2.45, 2.75) is 0 Å². The summed E-state index contributed by atoms with van der Waals surface area (Å²) in [4.78, 5) is 20.1. The maximum atomic E-state index is 6.61. The van der Waals surface area contributed by atoms with E-state index < -0.39 is 0 Å². The predicted molar refractivity (Wildman–Crippen MR) is 201 cm³/mol. The largest absolute Gasteiger partial charge is 0.452 e. The van der Waals surface area contributed by atoms with Crippen LogP contribution in [0.5, 0.6) is 0 Å². The molecule has 0 bridgehead atoms. The first-order valence-corrected chi connectivity index (χ1v) is 16.6. The van der Waals surface area contributed by atoms with Gasteiger partial charge in [0.15, 0.2) is 23.1 Å². The molecule has 0 spiro atoms. The van der Waals surface area contributed by atoms with E-state index in [-0.39, 0.29) is 0 Å². The van der Waals surface area contributed by atoms with E-state index in [1.807, 2.05) is 84.9 Å². The lowest BCUT2D eigenvalue weighted by molar-refractivity contribution is 0.670. The van der Waals surface area contributed by atoms with Crippen molar-refractivity contribution in [3.05, 3.63) is 164 Å². The van der Waals surface area contributed by atoms with E-state index in [0.717, 1.165) is 77.5 Å². The van der Waals surface area contributed by atoms with E-state index in [4.69, 9.17) is 24.4 Å². The van der Waals surface area contributed by atoms with Crippen molar-refractivity contribution in [3.8, 4) is 51.1 Å². The summed E-state index contributed by atoms with van der Waals surface area (Å²) < 4.78 is 8.92. The van der Waals surface area contributed by atoms with Crippen LogP contribution in [-0.2, 0) is 0 Å². The molecule has 0 aliphatic carbocycles. The molecule has 0 radical (unpaired) electrons. The van der Waals surface area contributed by atoms with Gasteiger partial charge < -0.3 is 8.98 Å². The van der Waals surface area contributed by atoms with Crippen LogP contribution in [0.3, 0.4) is 0 Å². The van der Waals surface area contributed by atoms with Crippen LogP contribution in [0.25, 0.3) is 95.0 Å². The van der Waals surface area contributed by atoms with E-state index in [9.17, 15) is 0 Å². The molecular formula is C44H27N5O. The monoisotopic (exact) mass is 641 g/mol. The van der Waals surface area contributed by atoms with Gasteiger partial charge >= 0.3 is 0 Å². The van der Waals surface area contributed by atoms with Crippen molar-refractivity contribution in [2.75, 3.05) is 0 Å². The van der Waals surface area contributed by atoms with Crippen LogP contribution in [0.4, 0.5) is 0 Å². The minimum Gasteiger partial charge on any atom is -0.452 e. The van der Waals surface area contributed by atoms with Gasteiger partial charge in [0.1, 0.15) is 16.6 Å². The Morgan fingerprint density at radius 1 is 0.420 bits per heavy atom. The van der Waals surface area contributed by atoms with Crippen LogP contribution in [0.2, 0.25) is 0 Å². The van der Waals surface area contributed by atoms with Gasteiger partial charge in [0.25, 0.3) is 0 Å². The zero-order valence-corrected chi connectivity index (χ0v) is 26.7. The number of furan rings is 1. The molecule has 0 fully saturated rings. The fourth-order valence-corrected chi connectivity index (χ4v) is 6.93. The highest BCUT2D eigenvalue weighted by Gasteiger charge is 2.24. The SMILES string of the molecule is c1ccc(-c2nc(-c3ccccc3)nc(-c3ccc(-c4nc5c6ccccc6oc5c5c4c4ccccc4n5-c4ccccc4)cc3)n2)cc1. The predicted octanol–water partition coefficient (Wildman–Crippen LogP) is 10.9. The van der Waals surface area contributed by atoms with E-state index in [1.165, 1.54) is 0 Å². The molecule has 0 aliphatic heterocycles. The van der Waals surface area contributed by atoms with Crippen LogP contribution in [0.15, 0.2) is 168 Å². The van der Waals surface area contributed by atoms with Gasteiger partial charge in [-0.2, -0.15) is 0 Å². The van der Waals surface area contributed by atoms with Crippen LogP contribution >= 0.6 is 0 Å². The van der Waals surface area contributed by atoms with Gasteiger partial charge in [0, 0.05) is 44.1 Å². The highest BCUT2D eigenvalue weighted by atomic mass is 16.3. The molecule has 0 saturated carbocycles. The Hall–Kier alpha value is -6.92. The number of hydrogen-bond donors (Lipinski definition) is 0. The van der Waals surface area contributed by atoms with Gasteiger partial charge in [-0.05, 0) is 30.3 Å². The first-order valence-electron chi connectivity index (χ1n) is 16.6. The van der Waals surface area contributed by atoms with E-state index in [0.29, 0.717) is 17.5 Å². The van der Waals surface area contributed by atoms with Gasteiger partial charge in [0.05, 0.1) is 11.2 Å². The molecule has 10 rings (SSSR count). The second kappa shape index (κ2) is 11.4. The fraction of sp³-hybridized carbons (Fsp3) is 0. The Labute approximate surface area is 287 Å². The Morgan fingerprint density at radius 3 is 1.56 bits per heavy atom. The van der Waals surface area contributed by atoms with Crippen molar-refractivity contribution in [3.63, 3.8) is 0 Å². The number of aromatic nitrogens is 5. The maximum absolute atomic E-state index is 6.61. The minimum atomic E-state index is 0.610. The van der Waals surface area contributed by atoms with E-state index >= 15 is 0 Å².